The lowest BCUT2D eigenvalue weighted by Gasteiger charge is -2.06. The van der Waals surface area contributed by atoms with Crippen LogP contribution in [0.15, 0.2) is 24.3 Å². The molecule has 5 nitrogen and oxygen atoms in total. The summed E-state index contributed by atoms with van der Waals surface area (Å²) in [6.45, 7) is 3.77. The molecular weight excluding hydrogens is 208 g/mol. The molecule has 0 spiro atoms. The molecule has 1 aromatic carbocycles. The van der Waals surface area contributed by atoms with Crippen LogP contribution in [-0.2, 0) is 4.79 Å². The Labute approximate surface area is 93.8 Å². The average molecular weight is 222 g/mol. The molecule has 3 amide bonds. The smallest absolute Gasteiger partial charge is 0.325 e. The highest BCUT2D eigenvalue weighted by Crippen LogP contribution is 2.15. The number of anilines is 1. The van der Waals surface area contributed by atoms with Crippen LogP contribution in [0.1, 0.15) is 13.8 Å². The molecule has 2 N–H and O–H groups in total. The lowest BCUT2D eigenvalue weighted by atomic mass is 10.3. The van der Waals surface area contributed by atoms with E-state index in [0.29, 0.717) is 12.3 Å². The summed E-state index contributed by atoms with van der Waals surface area (Å²) in [6.07, 6.45) is 0. The molecule has 0 atom stereocenters. The van der Waals surface area contributed by atoms with Gasteiger partial charge in [0.05, 0.1) is 6.61 Å². The van der Waals surface area contributed by atoms with Gasteiger partial charge in [0.25, 0.3) is 0 Å². The van der Waals surface area contributed by atoms with Crippen molar-refractivity contribution in [2.75, 3.05) is 11.9 Å². The predicted octanol–water partition coefficient (Wildman–Crippen LogP) is 1.75. The lowest BCUT2D eigenvalue weighted by Crippen LogP contribution is -2.32. The minimum Gasteiger partial charge on any atom is -0.494 e. The number of nitrogens with one attached hydrogen (secondary N) is 2. The van der Waals surface area contributed by atoms with Gasteiger partial charge in [-0.05, 0) is 31.2 Å². The first-order valence-corrected chi connectivity index (χ1v) is 4.93. The van der Waals surface area contributed by atoms with Gasteiger partial charge in [-0.3, -0.25) is 10.1 Å². The van der Waals surface area contributed by atoms with Crippen LogP contribution in [-0.4, -0.2) is 18.5 Å². The van der Waals surface area contributed by atoms with Crippen LogP contribution in [0.3, 0.4) is 0 Å². The number of hydrogen-bond acceptors (Lipinski definition) is 3. The highest BCUT2D eigenvalue weighted by Gasteiger charge is 2.03. The van der Waals surface area contributed by atoms with Gasteiger partial charge in [-0.15, -0.1) is 0 Å². The summed E-state index contributed by atoms with van der Waals surface area (Å²) >= 11 is 0. The maximum atomic E-state index is 11.2. The van der Waals surface area contributed by atoms with E-state index in [2.05, 4.69) is 10.6 Å². The van der Waals surface area contributed by atoms with Crippen molar-refractivity contribution in [2.24, 2.45) is 0 Å². The van der Waals surface area contributed by atoms with Crippen molar-refractivity contribution in [3.05, 3.63) is 24.3 Å². The minimum absolute atomic E-state index is 0.400. The highest BCUT2D eigenvalue weighted by molar-refractivity contribution is 6.00. The summed E-state index contributed by atoms with van der Waals surface area (Å²) in [6, 6.07) is 6.34. The second-order valence-electron chi connectivity index (χ2n) is 3.09. The summed E-state index contributed by atoms with van der Waals surface area (Å²) in [7, 11) is 0. The molecule has 0 saturated carbocycles. The molecule has 0 unspecified atom stereocenters. The molecule has 0 bridgehead atoms. The van der Waals surface area contributed by atoms with Gasteiger partial charge in [-0.25, -0.2) is 4.79 Å². The standard InChI is InChI=1S/C11H14N2O3/c1-3-16-10-6-4-9(5-7-10)13-11(15)12-8(2)14/h4-7H,3H2,1-2H3,(H2,12,13,14,15). The van der Waals surface area contributed by atoms with Crippen LogP contribution in [0.5, 0.6) is 5.75 Å². The number of imide groups is 1. The van der Waals surface area contributed by atoms with Crippen LogP contribution in [0.2, 0.25) is 0 Å². The van der Waals surface area contributed by atoms with Crippen LogP contribution in [0.25, 0.3) is 0 Å². The van der Waals surface area contributed by atoms with Gasteiger partial charge in [0.1, 0.15) is 5.75 Å². The molecule has 0 saturated heterocycles. The van der Waals surface area contributed by atoms with Gasteiger partial charge in [0, 0.05) is 12.6 Å². The first-order valence-electron chi connectivity index (χ1n) is 4.93. The van der Waals surface area contributed by atoms with E-state index in [9.17, 15) is 9.59 Å². The highest BCUT2D eigenvalue weighted by atomic mass is 16.5. The van der Waals surface area contributed by atoms with Gasteiger partial charge in [-0.2, -0.15) is 0 Å². The summed E-state index contributed by atoms with van der Waals surface area (Å²) in [5, 5.41) is 4.63. The van der Waals surface area contributed by atoms with Crippen molar-refractivity contribution in [2.45, 2.75) is 13.8 Å². The zero-order chi connectivity index (χ0) is 12.0. The molecule has 0 fully saturated rings. The Kier molecular flexibility index (Phi) is 4.32. The first-order chi connectivity index (χ1) is 7.61. The van der Waals surface area contributed by atoms with Crippen LogP contribution >= 0.6 is 0 Å². The number of carbonyl (C=O) groups excluding carboxylic acids is 2. The Bertz CT molecular complexity index is 373. The van der Waals surface area contributed by atoms with Gasteiger partial charge in [0.2, 0.25) is 5.91 Å². The monoisotopic (exact) mass is 222 g/mol. The van der Waals surface area contributed by atoms with E-state index in [0.717, 1.165) is 5.75 Å². The quantitative estimate of drug-likeness (QED) is 0.818. The van der Waals surface area contributed by atoms with E-state index >= 15 is 0 Å². The third kappa shape index (κ3) is 4.00. The topological polar surface area (TPSA) is 67.4 Å². The van der Waals surface area contributed by atoms with Gasteiger partial charge in [0.15, 0.2) is 0 Å². The molecule has 0 radical (unpaired) electrons. The van der Waals surface area contributed by atoms with Crippen molar-refractivity contribution in [3.63, 3.8) is 0 Å². The van der Waals surface area contributed by atoms with Gasteiger partial charge < -0.3 is 10.1 Å². The number of urea groups is 1. The third-order valence-corrected chi connectivity index (χ3v) is 1.71. The predicted molar refractivity (Wildman–Crippen MR) is 60.4 cm³/mol. The largest absolute Gasteiger partial charge is 0.494 e. The second kappa shape index (κ2) is 5.75. The zero-order valence-corrected chi connectivity index (χ0v) is 9.24. The number of hydrogen-bond donors (Lipinski definition) is 2. The van der Waals surface area contributed by atoms with E-state index in [-0.39, 0.29) is 0 Å². The fourth-order valence-electron chi connectivity index (χ4n) is 1.12. The number of amides is 3. The van der Waals surface area contributed by atoms with E-state index in [4.69, 9.17) is 4.74 Å². The Hall–Kier alpha value is -2.04. The van der Waals surface area contributed by atoms with Crippen LogP contribution in [0.4, 0.5) is 10.5 Å². The number of benzene rings is 1. The maximum Gasteiger partial charge on any atom is 0.325 e. The SMILES string of the molecule is CCOc1ccc(NC(=O)NC(C)=O)cc1. The van der Waals surface area contributed by atoms with Crippen molar-refractivity contribution in [1.29, 1.82) is 0 Å². The molecule has 1 aromatic rings. The summed E-state index contributed by atoms with van der Waals surface area (Å²) in [4.78, 5) is 21.8. The summed E-state index contributed by atoms with van der Waals surface area (Å²) in [5.74, 6) is 0.337. The number of rotatable bonds is 3. The molecule has 0 aliphatic rings. The van der Waals surface area contributed by atoms with Crippen molar-refractivity contribution < 1.29 is 14.3 Å². The first kappa shape index (κ1) is 12.0. The number of carbonyl (C=O) groups is 2. The second-order valence-corrected chi connectivity index (χ2v) is 3.09. The Morgan fingerprint density at radius 3 is 2.38 bits per heavy atom. The number of ether oxygens (including phenoxy) is 1. The van der Waals surface area contributed by atoms with E-state index < -0.39 is 11.9 Å². The fourth-order valence-corrected chi connectivity index (χ4v) is 1.12. The Morgan fingerprint density at radius 1 is 1.25 bits per heavy atom. The van der Waals surface area contributed by atoms with Gasteiger partial charge in [-0.1, -0.05) is 0 Å². The molecule has 0 aliphatic heterocycles. The Morgan fingerprint density at radius 2 is 1.88 bits per heavy atom. The Balaban J connectivity index is 2.54. The molecule has 0 aromatic heterocycles. The van der Waals surface area contributed by atoms with Crippen molar-refractivity contribution >= 4 is 17.6 Å². The van der Waals surface area contributed by atoms with E-state index in [1.807, 2.05) is 6.92 Å². The van der Waals surface area contributed by atoms with Crippen LogP contribution < -0.4 is 15.4 Å². The third-order valence-electron chi connectivity index (χ3n) is 1.71. The summed E-state index contributed by atoms with van der Waals surface area (Å²) in [5.41, 5.74) is 0.599. The molecule has 5 heteroatoms. The zero-order valence-electron chi connectivity index (χ0n) is 9.24. The lowest BCUT2D eigenvalue weighted by molar-refractivity contribution is -0.117. The normalized spacial score (nSPS) is 9.38. The molecule has 0 heterocycles. The maximum absolute atomic E-state index is 11.2. The molecule has 86 valence electrons. The van der Waals surface area contributed by atoms with Crippen LogP contribution in [0, 0.1) is 0 Å². The average Bonchev–Trinajstić information content (AvgIpc) is 2.20. The molecule has 16 heavy (non-hydrogen) atoms. The van der Waals surface area contributed by atoms with Crippen molar-refractivity contribution in [3.8, 4) is 5.75 Å². The minimum atomic E-state index is -0.545. The molecule has 0 aliphatic carbocycles. The van der Waals surface area contributed by atoms with E-state index in [1.54, 1.807) is 24.3 Å². The van der Waals surface area contributed by atoms with Crippen molar-refractivity contribution in [1.82, 2.24) is 5.32 Å². The summed E-state index contributed by atoms with van der Waals surface area (Å²) < 4.78 is 5.25. The van der Waals surface area contributed by atoms with Gasteiger partial charge >= 0.3 is 6.03 Å². The fraction of sp³-hybridized carbons (Fsp3) is 0.273. The van der Waals surface area contributed by atoms with E-state index in [1.165, 1.54) is 6.92 Å². The molecule has 1 rings (SSSR count). The molecular formula is C11H14N2O3.